The molecule has 5 atom stereocenters. The third-order valence-corrected chi connectivity index (χ3v) is 6.01. The van der Waals surface area contributed by atoms with Gasteiger partial charge in [-0.05, 0) is 23.6 Å². The highest BCUT2D eigenvalue weighted by molar-refractivity contribution is 5.94. The van der Waals surface area contributed by atoms with Crippen LogP contribution in [-0.4, -0.2) is 50.6 Å². The summed E-state index contributed by atoms with van der Waals surface area (Å²) >= 11 is 0. The third kappa shape index (κ3) is 1.35. The first-order chi connectivity index (χ1) is 12.5. The van der Waals surface area contributed by atoms with E-state index in [4.69, 9.17) is 14.2 Å². The van der Waals surface area contributed by atoms with E-state index in [-0.39, 0.29) is 0 Å². The van der Waals surface area contributed by atoms with E-state index in [2.05, 4.69) is 0 Å². The molecule has 0 amide bonds. The van der Waals surface area contributed by atoms with E-state index in [1.54, 1.807) is 6.08 Å². The highest BCUT2D eigenvalue weighted by atomic mass is 16.8. The lowest BCUT2D eigenvalue weighted by molar-refractivity contribution is -0.162. The Labute approximate surface area is 148 Å². The molecule has 6 nitrogen and oxygen atoms in total. The molecule has 0 aromatic heterocycles. The molecule has 2 aromatic rings. The minimum absolute atomic E-state index is 0.598. The van der Waals surface area contributed by atoms with E-state index in [1.165, 1.54) is 18.2 Å². The lowest BCUT2D eigenvalue weighted by Crippen LogP contribution is -2.69. The summed E-state index contributed by atoms with van der Waals surface area (Å²) in [5.41, 5.74) is -2.85. The minimum atomic E-state index is -1.50. The van der Waals surface area contributed by atoms with Crippen molar-refractivity contribution >= 4 is 10.8 Å². The van der Waals surface area contributed by atoms with E-state index < -0.39 is 35.3 Å². The van der Waals surface area contributed by atoms with Crippen LogP contribution in [-0.2, 0) is 4.74 Å². The van der Waals surface area contributed by atoms with E-state index in [9.17, 15) is 15.3 Å². The molecule has 0 saturated carbocycles. The number of epoxide rings is 1. The van der Waals surface area contributed by atoms with Crippen LogP contribution in [0.15, 0.2) is 60.7 Å². The highest BCUT2D eigenvalue weighted by Gasteiger charge is 2.91. The average molecular weight is 352 g/mol. The Morgan fingerprint density at radius 2 is 1.38 bits per heavy atom. The summed E-state index contributed by atoms with van der Waals surface area (Å²) in [6, 6.07) is 11.4. The summed E-state index contributed by atoms with van der Waals surface area (Å²) in [6.07, 6.45) is 2.66. The van der Waals surface area contributed by atoms with E-state index in [0.717, 1.165) is 10.8 Å². The van der Waals surface area contributed by atoms with Gasteiger partial charge < -0.3 is 29.5 Å². The summed E-state index contributed by atoms with van der Waals surface area (Å²) in [5.74, 6) is -0.305. The predicted molar refractivity (Wildman–Crippen MR) is 90.8 cm³/mol. The van der Waals surface area contributed by atoms with Gasteiger partial charge in [-0.3, -0.25) is 0 Å². The molecule has 1 saturated heterocycles. The molecule has 0 unspecified atom stereocenters. The van der Waals surface area contributed by atoms with Crippen molar-refractivity contribution in [3.8, 4) is 11.5 Å². The Bertz CT molecular complexity index is 972. The topological polar surface area (TPSA) is 91.7 Å². The van der Waals surface area contributed by atoms with Gasteiger partial charge in [0.2, 0.25) is 5.60 Å². The van der Waals surface area contributed by atoms with Crippen molar-refractivity contribution in [2.45, 2.75) is 35.3 Å². The molecular weight excluding hydrogens is 336 g/mol. The molecule has 3 N–H and O–H groups in total. The quantitative estimate of drug-likeness (QED) is 0.485. The summed E-state index contributed by atoms with van der Waals surface area (Å²) < 4.78 is 18.4. The van der Waals surface area contributed by atoms with Crippen molar-refractivity contribution in [3.05, 3.63) is 60.7 Å². The Hall–Kier alpha value is -2.38. The molecule has 6 heteroatoms. The molecule has 132 valence electrons. The molecule has 1 spiro atoms. The SMILES string of the molecule is O[C@@H]1C=C[C@@H](O)[C@@]23O[C@@]12[C@@H](O)C=CC31Oc2cccc3cccc(c23)O1. The van der Waals surface area contributed by atoms with Gasteiger partial charge in [0, 0.05) is 6.08 Å². The van der Waals surface area contributed by atoms with Gasteiger partial charge in [-0.15, -0.1) is 0 Å². The minimum Gasteiger partial charge on any atom is -0.445 e. The van der Waals surface area contributed by atoms with Crippen LogP contribution in [0, 0.1) is 0 Å². The van der Waals surface area contributed by atoms with Crippen molar-refractivity contribution in [2.75, 3.05) is 0 Å². The van der Waals surface area contributed by atoms with Gasteiger partial charge in [-0.2, -0.15) is 0 Å². The van der Waals surface area contributed by atoms with Crippen molar-refractivity contribution in [3.63, 3.8) is 0 Å². The smallest absolute Gasteiger partial charge is 0.306 e. The average Bonchev–Trinajstić information content (AvgIpc) is 3.39. The first kappa shape index (κ1) is 14.8. The van der Waals surface area contributed by atoms with E-state index >= 15 is 0 Å². The Balaban J connectivity index is 1.60. The van der Waals surface area contributed by atoms with Gasteiger partial charge in [-0.1, -0.05) is 36.4 Å². The summed E-state index contributed by atoms with van der Waals surface area (Å²) in [4.78, 5) is 0. The van der Waals surface area contributed by atoms with Gasteiger partial charge in [-0.25, -0.2) is 0 Å². The largest absolute Gasteiger partial charge is 0.445 e. The Kier molecular flexibility index (Phi) is 2.44. The Morgan fingerprint density at radius 3 is 2.08 bits per heavy atom. The molecule has 26 heavy (non-hydrogen) atoms. The van der Waals surface area contributed by atoms with Crippen LogP contribution in [0.5, 0.6) is 11.5 Å². The normalized spacial score (nSPS) is 40.5. The fraction of sp³-hybridized carbons (Fsp3) is 0.300. The van der Waals surface area contributed by atoms with Crippen LogP contribution in [0.4, 0.5) is 0 Å². The zero-order chi connectivity index (χ0) is 17.7. The second-order valence-corrected chi connectivity index (χ2v) is 7.19. The predicted octanol–water partition coefficient (Wildman–Crippen LogP) is 1.04. The van der Waals surface area contributed by atoms with Crippen LogP contribution in [0.1, 0.15) is 0 Å². The second-order valence-electron chi connectivity index (χ2n) is 7.19. The molecule has 2 aliphatic carbocycles. The zero-order valence-electron chi connectivity index (χ0n) is 13.6. The number of aliphatic hydroxyl groups is 3. The first-order valence-corrected chi connectivity index (χ1v) is 8.56. The van der Waals surface area contributed by atoms with Gasteiger partial charge in [0.25, 0.3) is 0 Å². The molecule has 6 rings (SSSR count). The first-order valence-electron chi connectivity index (χ1n) is 8.56. The zero-order valence-corrected chi connectivity index (χ0v) is 13.6. The van der Waals surface area contributed by atoms with Crippen molar-refractivity contribution in [2.24, 2.45) is 0 Å². The fourth-order valence-corrected chi connectivity index (χ4v) is 4.80. The second kappa shape index (κ2) is 4.29. The fourth-order valence-electron chi connectivity index (χ4n) is 4.80. The van der Waals surface area contributed by atoms with Crippen molar-refractivity contribution in [1.29, 1.82) is 0 Å². The molecular formula is C20H16O6. The highest BCUT2D eigenvalue weighted by Crippen LogP contribution is 2.67. The van der Waals surface area contributed by atoms with Gasteiger partial charge in [0.05, 0.1) is 5.39 Å². The van der Waals surface area contributed by atoms with Gasteiger partial charge in [0.1, 0.15) is 29.8 Å². The standard InChI is InChI=1S/C20H16O6/c21-14-7-8-16(23)20-18(10-9-15(22)19(14,20)26-20)24-12-5-1-3-11-4-2-6-13(25-18)17(11)12/h1-10,14-16,21-23H/t14-,15+,16-,19-,20+/m1/s1. The van der Waals surface area contributed by atoms with Crippen LogP contribution >= 0.6 is 0 Å². The number of hydrogen-bond donors (Lipinski definition) is 3. The van der Waals surface area contributed by atoms with Gasteiger partial charge >= 0.3 is 5.79 Å². The molecule has 0 radical (unpaired) electrons. The van der Waals surface area contributed by atoms with Crippen LogP contribution < -0.4 is 9.47 Å². The molecule has 2 aromatic carbocycles. The number of rotatable bonds is 0. The van der Waals surface area contributed by atoms with E-state index in [0.29, 0.717) is 11.5 Å². The Morgan fingerprint density at radius 1 is 0.769 bits per heavy atom. The van der Waals surface area contributed by atoms with Crippen LogP contribution in [0.25, 0.3) is 10.8 Å². The summed E-state index contributed by atoms with van der Waals surface area (Å²) in [6.45, 7) is 0. The summed E-state index contributed by atoms with van der Waals surface area (Å²) in [7, 11) is 0. The molecule has 2 aliphatic heterocycles. The maximum absolute atomic E-state index is 10.8. The molecule has 1 fully saturated rings. The van der Waals surface area contributed by atoms with Crippen LogP contribution in [0.3, 0.4) is 0 Å². The molecule has 4 aliphatic rings. The molecule has 0 bridgehead atoms. The van der Waals surface area contributed by atoms with Crippen molar-refractivity contribution in [1.82, 2.24) is 0 Å². The number of hydrogen-bond acceptors (Lipinski definition) is 6. The van der Waals surface area contributed by atoms with Crippen molar-refractivity contribution < 1.29 is 29.5 Å². The molecule has 2 heterocycles. The summed E-state index contributed by atoms with van der Waals surface area (Å²) in [5, 5.41) is 33.6. The maximum Gasteiger partial charge on any atom is 0.306 e. The number of benzene rings is 2. The number of aliphatic hydroxyl groups excluding tert-OH is 3. The lowest BCUT2D eigenvalue weighted by Gasteiger charge is -2.46. The van der Waals surface area contributed by atoms with Crippen LogP contribution in [0.2, 0.25) is 0 Å². The maximum atomic E-state index is 10.8. The third-order valence-electron chi connectivity index (χ3n) is 6.01. The van der Waals surface area contributed by atoms with E-state index in [1.807, 2.05) is 36.4 Å². The lowest BCUT2D eigenvalue weighted by atomic mass is 9.68. The monoisotopic (exact) mass is 352 g/mol. The van der Waals surface area contributed by atoms with Gasteiger partial charge in [0.15, 0.2) is 5.60 Å². The number of ether oxygens (including phenoxy) is 3.